The highest BCUT2D eigenvalue weighted by Gasteiger charge is 2.54. The Bertz CT molecular complexity index is 1290. The zero-order chi connectivity index (χ0) is 24.3. The molecule has 0 spiro atoms. The minimum absolute atomic E-state index is 0.265. The number of nitrogens with one attached hydrogen (secondary N) is 1. The molecule has 0 radical (unpaired) electrons. The maximum absolute atomic E-state index is 13.5. The number of amides is 1. The Morgan fingerprint density at radius 3 is 2.47 bits per heavy atom. The van der Waals surface area contributed by atoms with Gasteiger partial charge in [0.2, 0.25) is 0 Å². The fourth-order valence-corrected chi connectivity index (χ4v) is 4.64. The van der Waals surface area contributed by atoms with Gasteiger partial charge in [-0.05, 0) is 42.3 Å². The topological polar surface area (TPSA) is 53.8 Å². The minimum atomic E-state index is -1.40. The molecule has 1 heterocycles. The monoisotopic (exact) mass is 511 g/mol. The van der Waals surface area contributed by atoms with Crippen LogP contribution in [0.25, 0.3) is 4.85 Å². The molecule has 1 aliphatic heterocycles. The molecule has 5 nitrogen and oxygen atoms in total. The number of nitrogens with zero attached hydrogens (tertiary/aromatic N) is 2. The standard InChI is InChI=1S/C26H20Cl3N3O2/c1-30-26(12-5-13-32(26)16-17-8-10-21(28)22(29)14-17)25(34)31-23-11-9-19(27)15-20(23)24(33)18-6-3-2-4-7-18/h2-4,6-11,14-15H,5,12-13,16H2,(H,31,34)/t26-/m1/s1. The maximum Gasteiger partial charge on any atom is 0.367 e. The van der Waals surface area contributed by atoms with E-state index in [9.17, 15) is 9.59 Å². The number of hydrogen-bond acceptors (Lipinski definition) is 3. The van der Waals surface area contributed by atoms with E-state index in [1.54, 1.807) is 48.5 Å². The highest BCUT2D eigenvalue weighted by molar-refractivity contribution is 6.42. The van der Waals surface area contributed by atoms with Crippen molar-refractivity contribution in [3.63, 3.8) is 0 Å². The molecule has 0 unspecified atom stereocenters. The molecule has 1 N–H and O–H groups in total. The van der Waals surface area contributed by atoms with Crippen LogP contribution in [-0.2, 0) is 11.3 Å². The molecular weight excluding hydrogens is 493 g/mol. The third-order valence-corrected chi connectivity index (χ3v) is 6.87. The average Bonchev–Trinajstić information content (AvgIpc) is 3.26. The highest BCUT2D eigenvalue weighted by atomic mass is 35.5. The molecule has 3 aromatic carbocycles. The second-order valence-corrected chi connectivity index (χ2v) is 9.29. The fraction of sp³-hybridized carbons (Fsp3) is 0.192. The van der Waals surface area contributed by atoms with Crippen molar-refractivity contribution in [2.24, 2.45) is 0 Å². The van der Waals surface area contributed by atoms with E-state index in [1.807, 2.05) is 17.0 Å². The predicted octanol–water partition coefficient (Wildman–Crippen LogP) is 6.73. The van der Waals surface area contributed by atoms with Crippen molar-refractivity contribution in [1.82, 2.24) is 4.90 Å². The van der Waals surface area contributed by atoms with Crippen LogP contribution in [-0.4, -0.2) is 28.8 Å². The van der Waals surface area contributed by atoms with Crippen LogP contribution < -0.4 is 5.32 Å². The second-order valence-electron chi connectivity index (χ2n) is 8.04. The summed E-state index contributed by atoms with van der Waals surface area (Å²) in [5, 5.41) is 4.07. The molecule has 1 aliphatic rings. The average molecular weight is 513 g/mol. The lowest BCUT2D eigenvalue weighted by molar-refractivity contribution is -0.124. The molecule has 172 valence electrons. The Morgan fingerprint density at radius 2 is 1.76 bits per heavy atom. The van der Waals surface area contributed by atoms with Gasteiger partial charge in [0.1, 0.15) is 0 Å². The second kappa shape index (κ2) is 10.2. The van der Waals surface area contributed by atoms with Crippen molar-refractivity contribution in [1.29, 1.82) is 0 Å². The molecule has 0 aliphatic carbocycles. The maximum atomic E-state index is 13.5. The van der Waals surface area contributed by atoms with Crippen LogP contribution in [0.1, 0.15) is 34.3 Å². The van der Waals surface area contributed by atoms with E-state index in [0.29, 0.717) is 52.2 Å². The quantitative estimate of drug-likeness (QED) is 0.294. The molecule has 1 atom stereocenters. The summed E-state index contributed by atoms with van der Waals surface area (Å²) in [6.07, 6.45) is 1.06. The largest absolute Gasteiger partial charge is 0.367 e. The van der Waals surface area contributed by atoms with Crippen LogP contribution in [0.5, 0.6) is 0 Å². The van der Waals surface area contributed by atoms with Gasteiger partial charge in [0.05, 0.1) is 22.2 Å². The number of rotatable bonds is 6. The summed E-state index contributed by atoms with van der Waals surface area (Å²) >= 11 is 18.3. The van der Waals surface area contributed by atoms with E-state index >= 15 is 0 Å². The van der Waals surface area contributed by atoms with Crippen LogP contribution in [0, 0.1) is 6.57 Å². The van der Waals surface area contributed by atoms with Crippen LogP contribution in [0.15, 0.2) is 66.7 Å². The summed E-state index contributed by atoms with van der Waals surface area (Å²) in [5.41, 5.74) is 0.499. The van der Waals surface area contributed by atoms with Gasteiger partial charge in [-0.15, -0.1) is 0 Å². The Hall–Kier alpha value is -2.88. The van der Waals surface area contributed by atoms with E-state index in [0.717, 1.165) is 5.56 Å². The van der Waals surface area contributed by atoms with Gasteiger partial charge in [-0.3, -0.25) is 14.4 Å². The normalized spacial score (nSPS) is 17.8. The number of ketones is 1. The smallest absolute Gasteiger partial charge is 0.317 e. The number of hydrogen-bond donors (Lipinski definition) is 1. The molecule has 4 rings (SSSR count). The van der Waals surface area contributed by atoms with Crippen molar-refractivity contribution >= 4 is 52.2 Å². The van der Waals surface area contributed by atoms with Gasteiger partial charge in [-0.1, -0.05) is 71.2 Å². The Morgan fingerprint density at radius 1 is 1.00 bits per heavy atom. The first-order valence-electron chi connectivity index (χ1n) is 10.6. The van der Waals surface area contributed by atoms with Gasteiger partial charge in [-0.2, -0.15) is 0 Å². The summed E-state index contributed by atoms with van der Waals surface area (Å²) < 4.78 is 0. The van der Waals surface area contributed by atoms with Gasteiger partial charge in [-0.25, -0.2) is 11.5 Å². The van der Waals surface area contributed by atoms with E-state index in [2.05, 4.69) is 10.2 Å². The first-order chi connectivity index (χ1) is 16.3. The molecular formula is C26H20Cl3N3O2. The van der Waals surface area contributed by atoms with Crippen LogP contribution >= 0.6 is 34.8 Å². The predicted molar refractivity (Wildman–Crippen MR) is 135 cm³/mol. The van der Waals surface area contributed by atoms with Gasteiger partial charge < -0.3 is 5.32 Å². The third kappa shape index (κ3) is 4.82. The zero-order valence-corrected chi connectivity index (χ0v) is 20.3. The van der Waals surface area contributed by atoms with Crippen molar-refractivity contribution in [3.05, 3.63) is 110 Å². The Labute approximate surface area is 213 Å². The first kappa shape index (κ1) is 24.3. The number of benzene rings is 3. The van der Waals surface area contributed by atoms with E-state index in [4.69, 9.17) is 41.4 Å². The van der Waals surface area contributed by atoms with E-state index < -0.39 is 11.6 Å². The number of anilines is 1. The molecule has 1 amide bonds. The van der Waals surface area contributed by atoms with E-state index in [1.165, 1.54) is 6.07 Å². The molecule has 1 saturated heterocycles. The van der Waals surface area contributed by atoms with Crippen molar-refractivity contribution in [2.75, 3.05) is 11.9 Å². The number of halogens is 3. The summed E-state index contributed by atoms with van der Waals surface area (Å²) in [5.74, 6) is -0.751. The first-order valence-corrected chi connectivity index (χ1v) is 11.8. The summed E-state index contributed by atoms with van der Waals surface area (Å²) in [7, 11) is 0. The van der Waals surface area contributed by atoms with Gasteiger partial charge in [0.25, 0.3) is 0 Å². The molecule has 34 heavy (non-hydrogen) atoms. The van der Waals surface area contributed by atoms with Gasteiger partial charge in [0, 0.05) is 29.2 Å². The molecule has 0 saturated carbocycles. The fourth-order valence-electron chi connectivity index (χ4n) is 4.14. The number of carbonyl (C=O) groups excluding carboxylic acids is 2. The van der Waals surface area contributed by atoms with E-state index in [-0.39, 0.29) is 11.3 Å². The van der Waals surface area contributed by atoms with Gasteiger partial charge >= 0.3 is 11.6 Å². The van der Waals surface area contributed by atoms with Gasteiger partial charge in [0.15, 0.2) is 5.78 Å². The number of carbonyl (C=O) groups is 2. The zero-order valence-electron chi connectivity index (χ0n) is 18.0. The molecule has 0 aromatic heterocycles. The number of likely N-dealkylation sites (tertiary alicyclic amines) is 1. The Balaban J connectivity index is 1.62. The van der Waals surface area contributed by atoms with Crippen molar-refractivity contribution in [2.45, 2.75) is 25.0 Å². The lowest BCUT2D eigenvalue weighted by atomic mass is 10.0. The van der Waals surface area contributed by atoms with Crippen LogP contribution in [0.3, 0.4) is 0 Å². The SMILES string of the molecule is [C-]#[N+][C@]1(C(=O)Nc2ccc(Cl)cc2C(=O)c2ccccc2)CCCN1Cc1ccc(Cl)c(Cl)c1. The molecule has 0 bridgehead atoms. The molecule has 1 fully saturated rings. The third-order valence-electron chi connectivity index (χ3n) is 5.89. The van der Waals surface area contributed by atoms with Crippen LogP contribution in [0.2, 0.25) is 15.1 Å². The van der Waals surface area contributed by atoms with Crippen molar-refractivity contribution < 1.29 is 9.59 Å². The summed E-state index contributed by atoms with van der Waals surface area (Å²) in [6, 6.07) is 18.7. The summed E-state index contributed by atoms with van der Waals surface area (Å²) in [6.45, 7) is 8.85. The Kier molecular flexibility index (Phi) is 7.25. The summed E-state index contributed by atoms with van der Waals surface area (Å²) in [4.78, 5) is 32.3. The molecule has 3 aromatic rings. The van der Waals surface area contributed by atoms with Crippen LogP contribution in [0.4, 0.5) is 5.69 Å². The minimum Gasteiger partial charge on any atom is -0.317 e. The lowest BCUT2D eigenvalue weighted by Crippen LogP contribution is -2.50. The molecule has 8 heteroatoms. The highest BCUT2D eigenvalue weighted by Crippen LogP contribution is 2.35. The lowest BCUT2D eigenvalue weighted by Gasteiger charge is -2.27. The van der Waals surface area contributed by atoms with Crippen molar-refractivity contribution in [3.8, 4) is 0 Å².